The summed E-state index contributed by atoms with van der Waals surface area (Å²) in [5.74, 6) is 0.193. The molecule has 2 N–H and O–H groups in total. The number of halogens is 3. The van der Waals surface area contributed by atoms with Crippen molar-refractivity contribution in [2.45, 2.75) is 26.1 Å². The minimum absolute atomic E-state index is 0.193. The zero-order valence-corrected chi connectivity index (χ0v) is 8.84. The van der Waals surface area contributed by atoms with Gasteiger partial charge in [0.25, 0.3) is 0 Å². The first kappa shape index (κ1) is 12.8. The van der Waals surface area contributed by atoms with Crippen LogP contribution < -0.4 is 10.5 Å². The highest BCUT2D eigenvalue weighted by Gasteiger charge is 2.26. The summed E-state index contributed by atoms with van der Waals surface area (Å²) in [6, 6.07) is 3.22. The molecule has 0 saturated heterocycles. The first-order chi connectivity index (χ1) is 7.42. The van der Waals surface area contributed by atoms with Crippen molar-refractivity contribution in [2.24, 2.45) is 5.73 Å². The van der Waals surface area contributed by atoms with Crippen LogP contribution in [0, 0.1) is 6.92 Å². The maximum absolute atomic E-state index is 11.8. The van der Waals surface area contributed by atoms with Gasteiger partial charge in [0, 0.05) is 18.3 Å². The van der Waals surface area contributed by atoms with Crippen LogP contribution in [-0.4, -0.2) is 17.8 Å². The second kappa shape index (κ2) is 5.16. The summed E-state index contributed by atoms with van der Waals surface area (Å²) in [7, 11) is 0. The van der Waals surface area contributed by atoms with Gasteiger partial charge in [-0.1, -0.05) is 6.07 Å². The summed E-state index contributed by atoms with van der Waals surface area (Å²) in [6.07, 6.45) is -5.18. The van der Waals surface area contributed by atoms with Crippen molar-refractivity contribution < 1.29 is 17.9 Å². The summed E-state index contributed by atoms with van der Waals surface area (Å²) < 4.78 is 40.4. The lowest BCUT2D eigenvalue weighted by molar-refractivity contribution is -0.139. The number of aromatic nitrogens is 1. The van der Waals surface area contributed by atoms with E-state index in [2.05, 4.69) is 4.98 Å². The van der Waals surface area contributed by atoms with Crippen molar-refractivity contribution in [3.05, 3.63) is 23.4 Å². The molecular weight excluding hydrogens is 221 g/mol. The largest absolute Gasteiger partial charge is 0.477 e. The van der Waals surface area contributed by atoms with Crippen molar-refractivity contribution in [3.8, 4) is 5.88 Å². The lowest BCUT2D eigenvalue weighted by atomic mass is 10.2. The highest BCUT2D eigenvalue weighted by Crippen LogP contribution is 2.20. The Kier molecular flexibility index (Phi) is 4.12. The van der Waals surface area contributed by atoms with Gasteiger partial charge in [0.05, 0.1) is 13.0 Å². The van der Waals surface area contributed by atoms with Gasteiger partial charge >= 0.3 is 6.18 Å². The highest BCUT2D eigenvalue weighted by atomic mass is 19.4. The highest BCUT2D eigenvalue weighted by molar-refractivity contribution is 5.24. The van der Waals surface area contributed by atoms with E-state index in [1.54, 1.807) is 13.0 Å². The van der Waals surface area contributed by atoms with Crippen molar-refractivity contribution >= 4 is 0 Å². The van der Waals surface area contributed by atoms with Crippen molar-refractivity contribution in [3.63, 3.8) is 0 Å². The van der Waals surface area contributed by atoms with E-state index in [0.29, 0.717) is 12.2 Å². The summed E-state index contributed by atoms with van der Waals surface area (Å²) in [6.45, 7) is 1.67. The predicted octanol–water partition coefficient (Wildman–Crippen LogP) is 2.18. The maximum Gasteiger partial charge on any atom is 0.392 e. The first-order valence-electron chi connectivity index (χ1n) is 4.78. The number of alkyl halides is 3. The van der Waals surface area contributed by atoms with Gasteiger partial charge < -0.3 is 10.5 Å². The Hall–Kier alpha value is -1.30. The fraction of sp³-hybridized carbons (Fsp3) is 0.500. The molecule has 0 saturated carbocycles. The molecule has 0 bridgehead atoms. The summed E-state index contributed by atoms with van der Waals surface area (Å²) in [5, 5.41) is 0. The van der Waals surface area contributed by atoms with Crippen LogP contribution in [0.3, 0.4) is 0 Å². The second-order valence-corrected chi connectivity index (χ2v) is 3.31. The van der Waals surface area contributed by atoms with E-state index in [4.69, 9.17) is 10.5 Å². The zero-order chi connectivity index (χ0) is 12.2. The normalized spacial score (nSPS) is 11.6. The molecule has 0 aromatic carbocycles. The van der Waals surface area contributed by atoms with E-state index in [1.165, 1.54) is 6.07 Å². The summed E-state index contributed by atoms with van der Waals surface area (Å²) in [4.78, 5) is 3.99. The van der Waals surface area contributed by atoms with Crippen LogP contribution in [0.5, 0.6) is 5.88 Å². The number of ether oxygens (including phenoxy) is 1. The molecule has 0 amide bonds. The number of hydrogen-bond donors (Lipinski definition) is 1. The van der Waals surface area contributed by atoms with Crippen LogP contribution in [-0.2, 0) is 6.54 Å². The van der Waals surface area contributed by atoms with Gasteiger partial charge in [-0.05, 0) is 12.5 Å². The number of nitrogens with zero attached hydrogens (tertiary/aromatic N) is 1. The zero-order valence-electron chi connectivity index (χ0n) is 8.84. The van der Waals surface area contributed by atoms with Gasteiger partial charge in [0.2, 0.25) is 5.88 Å². The minimum atomic E-state index is -4.20. The smallest absolute Gasteiger partial charge is 0.392 e. The molecule has 0 aliphatic carbocycles. The van der Waals surface area contributed by atoms with Crippen LogP contribution >= 0.6 is 0 Å². The number of aryl methyl sites for hydroxylation is 1. The van der Waals surface area contributed by atoms with Gasteiger partial charge in [-0.3, -0.25) is 0 Å². The summed E-state index contributed by atoms with van der Waals surface area (Å²) in [5.41, 5.74) is 6.95. The van der Waals surface area contributed by atoms with E-state index in [9.17, 15) is 13.2 Å². The van der Waals surface area contributed by atoms with Crippen LogP contribution in [0.15, 0.2) is 12.1 Å². The lowest BCUT2D eigenvalue weighted by Crippen LogP contribution is -2.13. The maximum atomic E-state index is 11.8. The molecule has 6 heteroatoms. The molecule has 0 atom stereocenters. The first-order valence-corrected chi connectivity index (χ1v) is 4.78. The van der Waals surface area contributed by atoms with Crippen molar-refractivity contribution in [2.75, 3.05) is 6.61 Å². The van der Waals surface area contributed by atoms with Crippen LogP contribution in [0.25, 0.3) is 0 Å². The van der Waals surface area contributed by atoms with Crippen LogP contribution in [0.1, 0.15) is 17.7 Å². The van der Waals surface area contributed by atoms with E-state index in [1.807, 2.05) is 0 Å². The Bertz CT molecular complexity index is 352. The number of hydrogen-bond acceptors (Lipinski definition) is 3. The third kappa shape index (κ3) is 4.06. The van der Waals surface area contributed by atoms with Gasteiger partial charge in [-0.25, -0.2) is 4.98 Å². The Labute approximate surface area is 91.4 Å². The fourth-order valence-corrected chi connectivity index (χ4v) is 1.13. The molecule has 16 heavy (non-hydrogen) atoms. The quantitative estimate of drug-likeness (QED) is 0.868. The van der Waals surface area contributed by atoms with E-state index in [-0.39, 0.29) is 5.88 Å². The number of nitrogens with two attached hydrogens (primary N) is 1. The summed E-state index contributed by atoms with van der Waals surface area (Å²) >= 11 is 0. The molecule has 1 aromatic heterocycles. The van der Waals surface area contributed by atoms with Gasteiger partial charge in [0.15, 0.2) is 0 Å². The predicted molar refractivity (Wildman–Crippen MR) is 53.0 cm³/mol. The third-order valence-electron chi connectivity index (χ3n) is 2.03. The van der Waals surface area contributed by atoms with E-state index >= 15 is 0 Å². The average Bonchev–Trinajstić information content (AvgIpc) is 2.16. The molecule has 3 nitrogen and oxygen atoms in total. The van der Waals surface area contributed by atoms with Gasteiger partial charge in [-0.2, -0.15) is 13.2 Å². The molecule has 0 fully saturated rings. The van der Waals surface area contributed by atoms with Crippen LogP contribution in [0.4, 0.5) is 13.2 Å². The van der Waals surface area contributed by atoms with E-state index < -0.39 is 19.2 Å². The Morgan fingerprint density at radius 2 is 2.06 bits per heavy atom. The third-order valence-corrected chi connectivity index (χ3v) is 2.03. The molecule has 90 valence electrons. The molecular formula is C10H13F3N2O. The van der Waals surface area contributed by atoms with Gasteiger partial charge in [-0.15, -0.1) is 0 Å². The molecule has 0 unspecified atom stereocenters. The molecule has 0 aliphatic heterocycles. The molecule has 0 radical (unpaired) electrons. The minimum Gasteiger partial charge on any atom is -0.477 e. The van der Waals surface area contributed by atoms with Crippen molar-refractivity contribution in [1.82, 2.24) is 4.98 Å². The van der Waals surface area contributed by atoms with Crippen LogP contribution in [0.2, 0.25) is 0 Å². The standard InChI is InChI=1S/C10H13F3N2O/c1-7-8(6-14)2-3-9(15-7)16-5-4-10(11,12)13/h2-3H,4-6,14H2,1H3. The monoisotopic (exact) mass is 234 g/mol. The topological polar surface area (TPSA) is 48.1 Å². The average molecular weight is 234 g/mol. The SMILES string of the molecule is Cc1nc(OCCC(F)(F)F)ccc1CN. The Morgan fingerprint density at radius 3 is 2.56 bits per heavy atom. The second-order valence-electron chi connectivity index (χ2n) is 3.31. The molecule has 1 rings (SSSR count). The Balaban J connectivity index is 2.52. The van der Waals surface area contributed by atoms with Crippen molar-refractivity contribution in [1.29, 1.82) is 0 Å². The molecule has 0 aliphatic rings. The lowest BCUT2D eigenvalue weighted by Gasteiger charge is -2.09. The molecule has 1 aromatic rings. The Morgan fingerprint density at radius 1 is 1.38 bits per heavy atom. The number of rotatable bonds is 4. The molecule has 1 heterocycles. The van der Waals surface area contributed by atoms with Gasteiger partial charge in [0.1, 0.15) is 0 Å². The number of pyridine rings is 1. The fourth-order valence-electron chi connectivity index (χ4n) is 1.13. The molecule has 0 spiro atoms. The van der Waals surface area contributed by atoms with E-state index in [0.717, 1.165) is 5.56 Å².